The van der Waals surface area contributed by atoms with Gasteiger partial charge in [0.05, 0.1) is 11.6 Å². The molecule has 0 aliphatic heterocycles. The van der Waals surface area contributed by atoms with Crippen molar-refractivity contribution in [2.75, 3.05) is 0 Å². The van der Waals surface area contributed by atoms with Gasteiger partial charge in [0.15, 0.2) is 6.61 Å². The second kappa shape index (κ2) is 7.66. The third-order valence-electron chi connectivity index (χ3n) is 3.34. The molecule has 0 saturated carbocycles. The Morgan fingerprint density at radius 1 is 1.12 bits per heavy atom. The van der Waals surface area contributed by atoms with Gasteiger partial charge in [-0.25, -0.2) is 0 Å². The lowest BCUT2D eigenvalue weighted by Crippen LogP contribution is -1.97. The number of thioether (sulfide) groups is 1. The fourth-order valence-electron chi connectivity index (χ4n) is 2.03. The Balaban J connectivity index is 1.53. The van der Waals surface area contributed by atoms with Crippen LogP contribution in [-0.4, -0.2) is 10.2 Å². The van der Waals surface area contributed by atoms with Crippen molar-refractivity contribution in [2.24, 2.45) is 0 Å². The Morgan fingerprint density at radius 2 is 1.92 bits per heavy atom. The zero-order valence-electron chi connectivity index (χ0n) is 13.1. The number of hydrogen-bond acceptors (Lipinski definition) is 6. The van der Waals surface area contributed by atoms with Gasteiger partial charge in [-0.15, -0.1) is 10.2 Å². The van der Waals surface area contributed by atoms with E-state index >= 15 is 0 Å². The topological polar surface area (TPSA) is 71.9 Å². The minimum absolute atomic E-state index is 0.245. The van der Waals surface area contributed by atoms with E-state index in [0.29, 0.717) is 22.4 Å². The van der Waals surface area contributed by atoms with E-state index in [1.165, 1.54) is 11.8 Å². The second-order valence-electron chi connectivity index (χ2n) is 5.11. The maximum absolute atomic E-state index is 8.79. The summed E-state index contributed by atoms with van der Waals surface area (Å²) in [7, 11) is 0. The summed E-state index contributed by atoms with van der Waals surface area (Å²) < 4.78 is 11.3. The van der Waals surface area contributed by atoms with Gasteiger partial charge in [-0.3, -0.25) is 0 Å². The summed E-state index contributed by atoms with van der Waals surface area (Å²) in [5, 5.41) is 17.3. The third-order valence-corrected chi connectivity index (χ3v) is 4.23. The average molecular weight is 337 g/mol. The zero-order valence-corrected chi connectivity index (χ0v) is 13.9. The minimum Gasteiger partial charge on any atom is -0.484 e. The largest absolute Gasteiger partial charge is 0.484 e. The molecule has 0 saturated heterocycles. The van der Waals surface area contributed by atoms with Crippen molar-refractivity contribution in [3.63, 3.8) is 0 Å². The fraction of sp³-hybridized carbons (Fsp3) is 0.167. The van der Waals surface area contributed by atoms with Crippen LogP contribution in [0.25, 0.3) is 0 Å². The molecule has 6 heteroatoms. The molecule has 3 rings (SSSR count). The molecule has 0 aliphatic rings. The Bertz CT molecular complexity index is 853. The van der Waals surface area contributed by atoms with Crippen LogP contribution >= 0.6 is 11.8 Å². The molecule has 0 fully saturated rings. The van der Waals surface area contributed by atoms with Crippen molar-refractivity contribution < 1.29 is 9.15 Å². The summed E-state index contributed by atoms with van der Waals surface area (Å²) in [6, 6.07) is 17.3. The molecule has 0 unspecified atom stereocenters. The summed E-state index contributed by atoms with van der Waals surface area (Å²) >= 11 is 1.45. The third kappa shape index (κ3) is 4.15. The quantitative estimate of drug-likeness (QED) is 0.630. The first-order valence-corrected chi connectivity index (χ1v) is 8.36. The van der Waals surface area contributed by atoms with Gasteiger partial charge in [0.2, 0.25) is 0 Å². The van der Waals surface area contributed by atoms with Gasteiger partial charge in [-0.05, 0) is 36.2 Å². The van der Waals surface area contributed by atoms with E-state index in [2.05, 4.69) is 16.3 Å². The molecule has 24 heavy (non-hydrogen) atoms. The molecule has 5 nitrogen and oxygen atoms in total. The number of rotatable bonds is 6. The molecule has 3 aromatic rings. The van der Waals surface area contributed by atoms with E-state index < -0.39 is 0 Å². The number of ether oxygens (including phenoxy) is 1. The van der Waals surface area contributed by atoms with Crippen molar-refractivity contribution in [3.05, 3.63) is 71.1 Å². The summed E-state index contributed by atoms with van der Waals surface area (Å²) in [5.74, 6) is 1.95. The predicted molar refractivity (Wildman–Crippen MR) is 90.5 cm³/mol. The van der Waals surface area contributed by atoms with Crippen LogP contribution in [0.1, 0.15) is 22.6 Å². The number of nitriles is 1. The number of nitrogens with zero attached hydrogens (tertiary/aromatic N) is 3. The van der Waals surface area contributed by atoms with E-state index in [4.69, 9.17) is 14.4 Å². The molecule has 0 atom stereocenters. The Morgan fingerprint density at radius 3 is 2.67 bits per heavy atom. The van der Waals surface area contributed by atoms with Crippen LogP contribution in [-0.2, 0) is 12.4 Å². The number of aromatic nitrogens is 2. The van der Waals surface area contributed by atoms with Crippen molar-refractivity contribution in [1.29, 1.82) is 5.26 Å². The molecule has 0 bridgehead atoms. The van der Waals surface area contributed by atoms with Crippen LogP contribution in [0.3, 0.4) is 0 Å². The Hall–Kier alpha value is -2.78. The molecule has 0 amide bonds. The van der Waals surface area contributed by atoms with Crippen LogP contribution in [0.4, 0.5) is 0 Å². The van der Waals surface area contributed by atoms with Crippen molar-refractivity contribution in [1.82, 2.24) is 10.2 Å². The van der Waals surface area contributed by atoms with Crippen LogP contribution in [0, 0.1) is 18.3 Å². The Labute approximate surface area is 144 Å². The lowest BCUT2D eigenvalue weighted by molar-refractivity contribution is 0.251. The van der Waals surface area contributed by atoms with E-state index in [1.54, 1.807) is 12.1 Å². The van der Waals surface area contributed by atoms with Gasteiger partial charge >= 0.3 is 0 Å². The molecular weight excluding hydrogens is 322 g/mol. The molecule has 0 spiro atoms. The van der Waals surface area contributed by atoms with Crippen molar-refractivity contribution >= 4 is 11.8 Å². The lowest BCUT2D eigenvalue weighted by atomic mass is 10.2. The maximum atomic E-state index is 8.79. The standard InChI is InChI=1S/C18H15N3O2S/c1-13-4-2-3-5-16(13)22-11-17-20-21-18(23-17)24-12-15-8-6-14(10-19)7-9-15/h2-9H,11-12H2,1H3. The highest BCUT2D eigenvalue weighted by Crippen LogP contribution is 2.23. The summed E-state index contributed by atoms with van der Waals surface area (Å²) in [6.07, 6.45) is 0. The van der Waals surface area contributed by atoms with Gasteiger partial charge in [-0.2, -0.15) is 5.26 Å². The SMILES string of the molecule is Cc1ccccc1OCc1nnc(SCc2ccc(C#N)cc2)o1. The first-order valence-electron chi connectivity index (χ1n) is 7.37. The van der Waals surface area contributed by atoms with E-state index in [1.807, 2.05) is 43.3 Å². The first kappa shape index (κ1) is 16.1. The monoisotopic (exact) mass is 337 g/mol. The van der Waals surface area contributed by atoms with Crippen LogP contribution in [0.5, 0.6) is 5.75 Å². The molecule has 0 radical (unpaired) electrons. The molecule has 0 aliphatic carbocycles. The fourth-order valence-corrected chi connectivity index (χ4v) is 2.77. The highest BCUT2D eigenvalue weighted by Gasteiger charge is 2.08. The number of hydrogen-bond donors (Lipinski definition) is 0. The van der Waals surface area contributed by atoms with E-state index in [-0.39, 0.29) is 6.61 Å². The molecule has 120 valence electrons. The van der Waals surface area contributed by atoms with Crippen LogP contribution in [0.15, 0.2) is 58.2 Å². The number of aryl methyl sites for hydroxylation is 1. The molecule has 2 aromatic carbocycles. The van der Waals surface area contributed by atoms with Gasteiger partial charge < -0.3 is 9.15 Å². The summed E-state index contributed by atoms with van der Waals surface area (Å²) in [5.41, 5.74) is 2.81. The minimum atomic E-state index is 0.245. The van der Waals surface area contributed by atoms with E-state index in [9.17, 15) is 0 Å². The number of benzene rings is 2. The van der Waals surface area contributed by atoms with Crippen molar-refractivity contribution in [3.8, 4) is 11.8 Å². The van der Waals surface area contributed by atoms with Gasteiger partial charge in [-0.1, -0.05) is 42.1 Å². The lowest BCUT2D eigenvalue weighted by Gasteiger charge is -2.05. The smallest absolute Gasteiger partial charge is 0.277 e. The van der Waals surface area contributed by atoms with Gasteiger partial charge in [0.25, 0.3) is 11.1 Å². The second-order valence-corrected chi connectivity index (χ2v) is 6.04. The highest BCUT2D eigenvalue weighted by atomic mass is 32.2. The van der Waals surface area contributed by atoms with Crippen LogP contribution in [0.2, 0.25) is 0 Å². The molecular formula is C18H15N3O2S. The maximum Gasteiger partial charge on any atom is 0.277 e. The molecule has 0 N–H and O–H groups in total. The number of para-hydroxylation sites is 1. The Kier molecular flexibility index (Phi) is 5.14. The van der Waals surface area contributed by atoms with Gasteiger partial charge in [0.1, 0.15) is 5.75 Å². The van der Waals surface area contributed by atoms with Gasteiger partial charge in [0, 0.05) is 5.75 Å². The highest BCUT2D eigenvalue weighted by molar-refractivity contribution is 7.98. The van der Waals surface area contributed by atoms with Crippen LogP contribution < -0.4 is 4.74 Å². The molecule has 1 aromatic heterocycles. The summed E-state index contributed by atoms with van der Waals surface area (Å²) in [6.45, 7) is 2.23. The predicted octanol–water partition coefficient (Wildman–Crippen LogP) is 4.12. The summed E-state index contributed by atoms with van der Waals surface area (Å²) in [4.78, 5) is 0. The normalized spacial score (nSPS) is 10.3. The molecule has 1 heterocycles. The van der Waals surface area contributed by atoms with Crippen molar-refractivity contribution in [2.45, 2.75) is 24.5 Å². The average Bonchev–Trinajstić information content (AvgIpc) is 3.08. The van der Waals surface area contributed by atoms with E-state index in [0.717, 1.165) is 16.9 Å². The first-order chi connectivity index (χ1) is 11.7. The zero-order chi connectivity index (χ0) is 16.8.